The number of nitrogens with one attached hydrogen (secondary N) is 1. The first-order chi connectivity index (χ1) is 7.83. The van der Waals surface area contributed by atoms with Crippen LogP contribution in [0.25, 0.3) is 0 Å². The first-order valence-electron chi connectivity index (χ1n) is 7.40. The van der Waals surface area contributed by atoms with Crippen LogP contribution in [0.1, 0.15) is 80.1 Å². The molecule has 1 N–H and O–H groups in total. The maximum Gasteiger partial charge on any atom is 0.0304 e. The molecule has 0 bridgehead atoms. The molecular formula is C15H32N2. The SMILES string of the molecule is CCCC(CC)NN1C(C)(C)CCCC1(C)C. The van der Waals surface area contributed by atoms with E-state index in [0.29, 0.717) is 6.04 Å². The summed E-state index contributed by atoms with van der Waals surface area (Å²) >= 11 is 0. The Labute approximate surface area is 108 Å². The number of hydrogen-bond donors (Lipinski definition) is 1. The lowest BCUT2D eigenvalue weighted by atomic mass is 9.81. The molecule has 0 aliphatic carbocycles. The van der Waals surface area contributed by atoms with Gasteiger partial charge < -0.3 is 0 Å². The average Bonchev–Trinajstić information content (AvgIpc) is 2.21. The lowest BCUT2D eigenvalue weighted by Crippen LogP contribution is -2.66. The fourth-order valence-corrected chi connectivity index (χ4v) is 3.24. The molecule has 2 heteroatoms. The van der Waals surface area contributed by atoms with Gasteiger partial charge in [0, 0.05) is 17.1 Å². The molecule has 0 aromatic carbocycles. The zero-order valence-corrected chi connectivity index (χ0v) is 12.8. The van der Waals surface area contributed by atoms with Crippen molar-refractivity contribution in [2.24, 2.45) is 0 Å². The van der Waals surface area contributed by atoms with E-state index in [1.807, 2.05) is 0 Å². The highest BCUT2D eigenvalue weighted by molar-refractivity contribution is 4.95. The Kier molecular flexibility index (Phi) is 5.03. The van der Waals surface area contributed by atoms with Crippen molar-refractivity contribution in [2.45, 2.75) is 97.2 Å². The second-order valence-corrected chi connectivity index (χ2v) is 6.84. The first-order valence-corrected chi connectivity index (χ1v) is 7.40. The van der Waals surface area contributed by atoms with Gasteiger partial charge in [-0.2, -0.15) is 0 Å². The van der Waals surface area contributed by atoms with Crippen molar-refractivity contribution in [1.29, 1.82) is 0 Å². The Bertz CT molecular complexity index is 217. The highest BCUT2D eigenvalue weighted by Gasteiger charge is 2.41. The van der Waals surface area contributed by atoms with E-state index in [1.165, 1.54) is 38.5 Å². The zero-order chi connectivity index (χ0) is 13.1. The van der Waals surface area contributed by atoms with Crippen LogP contribution in [0.3, 0.4) is 0 Å². The summed E-state index contributed by atoms with van der Waals surface area (Å²) in [6, 6.07) is 0.636. The second-order valence-electron chi connectivity index (χ2n) is 6.84. The van der Waals surface area contributed by atoms with Gasteiger partial charge in [0.05, 0.1) is 0 Å². The summed E-state index contributed by atoms with van der Waals surface area (Å²) in [5.41, 5.74) is 4.38. The molecule has 102 valence electrons. The van der Waals surface area contributed by atoms with Crippen LogP contribution in [0.15, 0.2) is 0 Å². The van der Waals surface area contributed by atoms with Gasteiger partial charge in [0.2, 0.25) is 0 Å². The standard InChI is InChI=1S/C15H32N2/c1-7-10-13(8-2)16-17-14(3,4)11-9-12-15(17,5)6/h13,16H,7-12H2,1-6H3. The van der Waals surface area contributed by atoms with Crippen LogP contribution in [0.4, 0.5) is 0 Å². The van der Waals surface area contributed by atoms with Gasteiger partial charge in [-0.25, -0.2) is 5.01 Å². The molecule has 0 aromatic rings. The maximum atomic E-state index is 3.82. The molecule has 0 saturated carbocycles. The fraction of sp³-hybridized carbons (Fsp3) is 1.00. The predicted molar refractivity (Wildman–Crippen MR) is 76.0 cm³/mol. The van der Waals surface area contributed by atoms with Crippen molar-refractivity contribution < 1.29 is 0 Å². The summed E-state index contributed by atoms with van der Waals surface area (Å²) in [5.74, 6) is 0. The lowest BCUT2D eigenvalue weighted by molar-refractivity contribution is -0.0815. The summed E-state index contributed by atoms with van der Waals surface area (Å²) in [6.45, 7) is 14.1. The molecular weight excluding hydrogens is 208 g/mol. The van der Waals surface area contributed by atoms with Crippen LogP contribution in [-0.2, 0) is 0 Å². The Morgan fingerprint density at radius 3 is 2.00 bits per heavy atom. The zero-order valence-electron chi connectivity index (χ0n) is 12.8. The quantitative estimate of drug-likeness (QED) is 0.778. The highest BCUT2D eigenvalue weighted by Crippen LogP contribution is 2.36. The summed E-state index contributed by atoms with van der Waals surface area (Å²) in [7, 11) is 0. The van der Waals surface area contributed by atoms with Crippen LogP contribution >= 0.6 is 0 Å². The van der Waals surface area contributed by atoms with Crippen molar-refractivity contribution in [3.63, 3.8) is 0 Å². The molecule has 17 heavy (non-hydrogen) atoms. The summed E-state index contributed by atoms with van der Waals surface area (Å²) in [5, 5.41) is 2.55. The largest absolute Gasteiger partial charge is 0.251 e. The Hall–Kier alpha value is -0.0800. The molecule has 1 atom stereocenters. The van der Waals surface area contributed by atoms with Crippen molar-refractivity contribution in [3.05, 3.63) is 0 Å². The minimum absolute atomic E-state index is 0.281. The third kappa shape index (κ3) is 3.69. The molecule has 1 fully saturated rings. The fourth-order valence-electron chi connectivity index (χ4n) is 3.24. The number of hydrazine groups is 1. The topological polar surface area (TPSA) is 15.3 Å². The van der Waals surface area contributed by atoms with Crippen molar-refractivity contribution in [3.8, 4) is 0 Å². The van der Waals surface area contributed by atoms with Gasteiger partial charge in [-0.1, -0.05) is 20.3 Å². The summed E-state index contributed by atoms with van der Waals surface area (Å²) in [6.07, 6.45) is 7.70. The molecule has 1 saturated heterocycles. The Balaban J connectivity index is 2.75. The number of rotatable bonds is 5. The third-order valence-corrected chi connectivity index (χ3v) is 4.23. The van der Waals surface area contributed by atoms with Crippen LogP contribution in [-0.4, -0.2) is 22.1 Å². The molecule has 0 spiro atoms. The van der Waals surface area contributed by atoms with Crippen LogP contribution < -0.4 is 5.43 Å². The lowest BCUT2D eigenvalue weighted by Gasteiger charge is -2.54. The van der Waals surface area contributed by atoms with E-state index >= 15 is 0 Å². The van der Waals surface area contributed by atoms with Gasteiger partial charge in [-0.05, 0) is 59.8 Å². The molecule has 2 nitrogen and oxygen atoms in total. The van der Waals surface area contributed by atoms with Crippen molar-refractivity contribution >= 4 is 0 Å². The molecule has 1 unspecified atom stereocenters. The Morgan fingerprint density at radius 1 is 1.06 bits per heavy atom. The van der Waals surface area contributed by atoms with E-state index in [0.717, 1.165) is 0 Å². The maximum absolute atomic E-state index is 3.82. The van der Waals surface area contributed by atoms with E-state index in [1.54, 1.807) is 0 Å². The summed E-state index contributed by atoms with van der Waals surface area (Å²) in [4.78, 5) is 0. The van der Waals surface area contributed by atoms with E-state index in [9.17, 15) is 0 Å². The van der Waals surface area contributed by atoms with Crippen LogP contribution in [0, 0.1) is 0 Å². The van der Waals surface area contributed by atoms with Crippen LogP contribution in [0.2, 0.25) is 0 Å². The normalized spacial score (nSPS) is 25.8. The number of piperidine rings is 1. The van der Waals surface area contributed by atoms with Gasteiger partial charge in [-0.3, -0.25) is 5.43 Å². The molecule has 1 rings (SSSR count). The number of hydrogen-bond acceptors (Lipinski definition) is 2. The van der Waals surface area contributed by atoms with E-state index in [2.05, 4.69) is 52.0 Å². The van der Waals surface area contributed by atoms with Crippen LogP contribution in [0.5, 0.6) is 0 Å². The monoisotopic (exact) mass is 240 g/mol. The predicted octanol–water partition coefficient (Wildman–Crippen LogP) is 4.11. The van der Waals surface area contributed by atoms with Crippen molar-refractivity contribution in [2.75, 3.05) is 0 Å². The molecule has 1 aliphatic rings. The Morgan fingerprint density at radius 2 is 1.59 bits per heavy atom. The summed E-state index contributed by atoms with van der Waals surface area (Å²) < 4.78 is 0. The molecule has 1 heterocycles. The minimum atomic E-state index is 0.281. The minimum Gasteiger partial charge on any atom is -0.251 e. The molecule has 1 aliphatic heterocycles. The molecule has 0 radical (unpaired) electrons. The smallest absolute Gasteiger partial charge is 0.0304 e. The average molecular weight is 240 g/mol. The molecule has 0 aromatic heterocycles. The van der Waals surface area contributed by atoms with Gasteiger partial charge in [0.25, 0.3) is 0 Å². The van der Waals surface area contributed by atoms with E-state index in [4.69, 9.17) is 0 Å². The first kappa shape index (κ1) is 15.0. The highest BCUT2D eigenvalue weighted by atomic mass is 15.6. The second kappa shape index (κ2) is 5.71. The van der Waals surface area contributed by atoms with Gasteiger partial charge in [-0.15, -0.1) is 0 Å². The van der Waals surface area contributed by atoms with Gasteiger partial charge in [0.1, 0.15) is 0 Å². The third-order valence-electron chi connectivity index (χ3n) is 4.23. The van der Waals surface area contributed by atoms with Crippen molar-refractivity contribution in [1.82, 2.24) is 10.4 Å². The van der Waals surface area contributed by atoms with E-state index < -0.39 is 0 Å². The number of nitrogens with zero attached hydrogens (tertiary/aromatic N) is 1. The van der Waals surface area contributed by atoms with Gasteiger partial charge >= 0.3 is 0 Å². The molecule has 0 amide bonds. The van der Waals surface area contributed by atoms with Gasteiger partial charge in [0.15, 0.2) is 0 Å². The van der Waals surface area contributed by atoms with E-state index in [-0.39, 0.29) is 11.1 Å².